The minimum absolute atomic E-state index is 0.154. The molecule has 3 nitrogen and oxygen atoms in total. The molecule has 1 unspecified atom stereocenters. The molecule has 0 aliphatic rings. The van der Waals surface area contributed by atoms with Gasteiger partial charge in [-0.05, 0) is 31.8 Å². The molecule has 0 saturated heterocycles. The van der Waals surface area contributed by atoms with Gasteiger partial charge in [-0.2, -0.15) is 13.2 Å². The number of nitrogens with one attached hydrogen (secondary N) is 1. The van der Waals surface area contributed by atoms with E-state index in [9.17, 15) is 13.2 Å². The Morgan fingerprint density at radius 3 is 2.60 bits per heavy atom. The van der Waals surface area contributed by atoms with Crippen LogP contribution in [0.4, 0.5) is 13.2 Å². The molecule has 20 heavy (non-hydrogen) atoms. The molecule has 6 heteroatoms. The first kappa shape index (κ1) is 16.9. The number of hydrogen-bond acceptors (Lipinski definition) is 3. The maximum Gasteiger partial charge on any atom is 0.416 e. The van der Waals surface area contributed by atoms with Crippen molar-refractivity contribution in [2.75, 3.05) is 40.9 Å². The van der Waals surface area contributed by atoms with Gasteiger partial charge in [0.05, 0.1) is 12.2 Å². The van der Waals surface area contributed by atoms with E-state index >= 15 is 0 Å². The van der Waals surface area contributed by atoms with Crippen LogP contribution in [0.25, 0.3) is 0 Å². The number of rotatable bonds is 7. The van der Waals surface area contributed by atoms with E-state index in [1.165, 1.54) is 12.1 Å². The second-order valence-corrected chi connectivity index (χ2v) is 4.72. The van der Waals surface area contributed by atoms with Crippen LogP contribution < -0.4 is 5.32 Å². The maximum atomic E-state index is 12.7. The van der Waals surface area contributed by atoms with Crippen LogP contribution in [0.2, 0.25) is 0 Å². The number of nitrogens with zero attached hydrogens (tertiary/aromatic N) is 1. The molecule has 0 bridgehead atoms. The van der Waals surface area contributed by atoms with E-state index < -0.39 is 11.7 Å². The molecular weight excluding hydrogens is 269 g/mol. The van der Waals surface area contributed by atoms with E-state index in [-0.39, 0.29) is 6.04 Å². The first-order valence-electron chi connectivity index (χ1n) is 6.40. The Morgan fingerprint density at radius 1 is 1.35 bits per heavy atom. The molecule has 0 aliphatic heterocycles. The molecule has 0 saturated carbocycles. The number of likely N-dealkylation sites (N-methyl/N-ethyl adjacent to an activating group) is 2. The Balaban J connectivity index is 2.79. The summed E-state index contributed by atoms with van der Waals surface area (Å²) in [5.41, 5.74) is 0.0152. The predicted molar refractivity (Wildman–Crippen MR) is 72.6 cm³/mol. The van der Waals surface area contributed by atoms with Crippen LogP contribution in [-0.2, 0) is 10.9 Å². The van der Waals surface area contributed by atoms with Crippen molar-refractivity contribution in [1.82, 2.24) is 10.2 Å². The van der Waals surface area contributed by atoms with Gasteiger partial charge in [0.2, 0.25) is 0 Å². The van der Waals surface area contributed by atoms with Crippen molar-refractivity contribution >= 4 is 0 Å². The van der Waals surface area contributed by atoms with Gasteiger partial charge in [-0.15, -0.1) is 0 Å². The summed E-state index contributed by atoms with van der Waals surface area (Å²) < 4.78 is 43.1. The Kier molecular flexibility index (Phi) is 6.45. The molecule has 0 amide bonds. The molecule has 1 N–H and O–H groups in total. The van der Waals surface area contributed by atoms with E-state index in [2.05, 4.69) is 5.32 Å². The summed E-state index contributed by atoms with van der Waals surface area (Å²) in [6.07, 6.45) is -4.31. The van der Waals surface area contributed by atoms with E-state index in [0.29, 0.717) is 18.7 Å². The molecule has 0 aromatic heterocycles. The van der Waals surface area contributed by atoms with Crippen LogP contribution in [-0.4, -0.2) is 45.8 Å². The lowest BCUT2D eigenvalue weighted by Crippen LogP contribution is -2.33. The zero-order chi connectivity index (χ0) is 15.2. The molecule has 1 aromatic rings. The monoisotopic (exact) mass is 290 g/mol. The highest BCUT2D eigenvalue weighted by Crippen LogP contribution is 2.30. The lowest BCUT2D eigenvalue weighted by atomic mass is 10.0. The van der Waals surface area contributed by atoms with Gasteiger partial charge < -0.3 is 15.0 Å². The summed E-state index contributed by atoms with van der Waals surface area (Å²) in [5.74, 6) is 0. The van der Waals surface area contributed by atoms with Crippen LogP contribution in [0.5, 0.6) is 0 Å². The number of hydrogen-bond donors (Lipinski definition) is 1. The van der Waals surface area contributed by atoms with Gasteiger partial charge in [-0.3, -0.25) is 0 Å². The van der Waals surface area contributed by atoms with Crippen molar-refractivity contribution in [3.05, 3.63) is 35.4 Å². The molecular formula is C14H21F3N2O. The zero-order valence-corrected chi connectivity index (χ0v) is 12.0. The Morgan fingerprint density at radius 2 is 2.05 bits per heavy atom. The molecule has 1 aromatic carbocycles. The Labute approximate surface area is 117 Å². The van der Waals surface area contributed by atoms with Crippen molar-refractivity contribution in [3.8, 4) is 0 Å². The van der Waals surface area contributed by atoms with Gasteiger partial charge in [-0.1, -0.05) is 12.1 Å². The van der Waals surface area contributed by atoms with Gasteiger partial charge in [-0.25, -0.2) is 0 Å². The van der Waals surface area contributed by atoms with E-state index in [1.807, 2.05) is 11.9 Å². The Hall–Kier alpha value is -1.11. The number of halogens is 3. The van der Waals surface area contributed by atoms with Crippen molar-refractivity contribution < 1.29 is 17.9 Å². The lowest BCUT2D eigenvalue weighted by Gasteiger charge is -2.24. The van der Waals surface area contributed by atoms with Crippen molar-refractivity contribution in [1.29, 1.82) is 0 Å². The highest BCUT2D eigenvalue weighted by molar-refractivity contribution is 5.28. The average molecular weight is 290 g/mol. The molecule has 0 heterocycles. The number of ether oxygens (including phenoxy) is 1. The second kappa shape index (κ2) is 7.61. The first-order chi connectivity index (χ1) is 9.38. The fraction of sp³-hybridized carbons (Fsp3) is 0.571. The summed E-state index contributed by atoms with van der Waals surface area (Å²) in [6.45, 7) is 1.93. The average Bonchev–Trinajstić information content (AvgIpc) is 2.41. The van der Waals surface area contributed by atoms with E-state index in [0.717, 1.165) is 12.6 Å². The number of alkyl halides is 3. The predicted octanol–water partition coefficient (Wildman–Crippen LogP) is 2.54. The first-order valence-corrected chi connectivity index (χ1v) is 6.40. The summed E-state index contributed by atoms with van der Waals surface area (Å²) in [6, 6.07) is 5.29. The second-order valence-electron chi connectivity index (χ2n) is 4.72. The molecule has 1 atom stereocenters. The highest BCUT2D eigenvalue weighted by Gasteiger charge is 2.30. The third-order valence-electron chi connectivity index (χ3n) is 3.14. The van der Waals surface area contributed by atoms with E-state index in [1.54, 1.807) is 20.2 Å². The SMILES string of the molecule is CNC(CN(C)CCOC)c1cccc(C(F)(F)F)c1. The molecule has 114 valence electrons. The maximum absolute atomic E-state index is 12.7. The van der Waals surface area contributed by atoms with E-state index in [4.69, 9.17) is 4.74 Å². The van der Waals surface area contributed by atoms with Gasteiger partial charge in [0.15, 0.2) is 0 Å². The summed E-state index contributed by atoms with van der Waals surface area (Å²) in [7, 11) is 5.28. The fourth-order valence-electron chi connectivity index (χ4n) is 1.95. The smallest absolute Gasteiger partial charge is 0.383 e. The van der Waals surface area contributed by atoms with Gasteiger partial charge >= 0.3 is 6.18 Å². The minimum atomic E-state index is -4.31. The summed E-state index contributed by atoms with van der Waals surface area (Å²) >= 11 is 0. The third kappa shape index (κ3) is 5.11. The van der Waals surface area contributed by atoms with Crippen LogP contribution in [0.1, 0.15) is 17.2 Å². The number of methoxy groups -OCH3 is 1. The zero-order valence-electron chi connectivity index (χ0n) is 12.0. The van der Waals surface area contributed by atoms with Crippen LogP contribution in [0.15, 0.2) is 24.3 Å². The molecule has 0 spiro atoms. The molecule has 0 aliphatic carbocycles. The third-order valence-corrected chi connectivity index (χ3v) is 3.14. The van der Waals surface area contributed by atoms with Crippen LogP contribution in [0.3, 0.4) is 0 Å². The normalized spacial score (nSPS) is 13.8. The van der Waals surface area contributed by atoms with Crippen molar-refractivity contribution in [2.45, 2.75) is 12.2 Å². The van der Waals surface area contributed by atoms with Gasteiger partial charge in [0.1, 0.15) is 0 Å². The summed E-state index contributed by atoms with van der Waals surface area (Å²) in [5, 5.41) is 3.05. The molecule has 1 rings (SSSR count). The van der Waals surface area contributed by atoms with Crippen molar-refractivity contribution in [3.63, 3.8) is 0 Å². The fourth-order valence-corrected chi connectivity index (χ4v) is 1.95. The van der Waals surface area contributed by atoms with Crippen LogP contribution in [0, 0.1) is 0 Å². The van der Waals surface area contributed by atoms with Gasteiger partial charge in [0, 0.05) is 26.2 Å². The number of benzene rings is 1. The molecule has 0 fully saturated rings. The van der Waals surface area contributed by atoms with Gasteiger partial charge in [0.25, 0.3) is 0 Å². The largest absolute Gasteiger partial charge is 0.416 e. The molecule has 0 radical (unpaired) electrons. The van der Waals surface area contributed by atoms with Crippen molar-refractivity contribution in [2.24, 2.45) is 0 Å². The highest BCUT2D eigenvalue weighted by atomic mass is 19.4. The standard InChI is InChI=1S/C14H21F3N2O/c1-18-13(10-19(2)7-8-20-3)11-5-4-6-12(9-11)14(15,16)17/h4-6,9,13,18H,7-8,10H2,1-3H3. The minimum Gasteiger partial charge on any atom is -0.383 e. The quantitative estimate of drug-likeness (QED) is 0.835. The lowest BCUT2D eigenvalue weighted by molar-refractivity contribution is -0.137. The van der Waals surface area contributed by atoms with Crippen LogP contribution >= 0.6 is 0 Å². The topological polar surface area (TPSA) is 24.5 Å². The Bertz CT molecular complexity index is 410. The summed E-state index contributed by atoms with van der Waals surface area (Å²) in [4.78, 5) is 2.02.